The van der Waals surface area contributed by atoms with E-state index in [1.165, 1.54) is 0 Å². The van der Waals surface area contributed by atoms with Crippen LogP contribution in [0.15, 0.2) is 28.7 Å². The van der Waals surface area contributed by atoms with Crippen molar-refractivity contribution in [3.63, 3.8) is 0 Å². The molecule has 0 amide bonds. The van der Waals surface area contributed by atoms with E-state index in [2.05, 4.69) is 15.9 Å². The van der Waals surface area contributed by atoms with Gasteiger partial charge >= 0.3 is 5.97 Å². The lowest BCUT2D eigenvalue weighted by Crippen LogP contribution is -1.86. The molecule has 1 N–H and O–H groups in total. The van der Waals surface area contributed by atoms with Crippen LogP contribution in [0.5, 0.6) is 0 Å². The number of hydrogen-bond donors (Lipinski definition) is 1. The molecule has 0 saturated heterocycles. The fourth-order valence-electron chi connectivity index (χ4n) is 0.928. The van der Waals surface area contributed by atoms with Crippen molar-refractivity contribution in [1.29, 1.82) is 0 Å². The molecule has 0 aliphatic rings. The van der Waals surface area contributed by atoms with Crippen molar-refractivity contribution in [1.82, 2.24) is 0 Å². The highest BCUT2D eigenvalue weighted by Crippen LogP contribution is 2.19. The number of aliphatic carboxylic acids is 1. The van der Waals surface area contributed by atoms with Crippen LogP contribution < -0.4 is 0 Å². The average Bonchev–Trinajstić information content (AvgIpc) is 2.02. The van der Waals surface area contributed by atoms with E-state index in [9.17, 15) is 4.79 Å². The number of carboxylic acids is 1. The Morgan fingerprint density at radius 3 is 2.77 bits per heavy atom. The molecule has 1 rings (SSSR count). The number of aryl methyl sites for hydroxylation is 1. The highest BCUT2D eigenvalue weighted by molar-refractivity contribution is 9.10. The Kier molecular flexibility index (Phi) is 3.25. The standard InChI is InChI=1S/C10H9BrO2/c1-7-2-3-8(9(11)6-7)4-5-10(12)13/h2-6H,1H3,(H,12,13). The molecule has 0 atom stereocenters. The summed E-state index contributed by atoms with van der Waals surface area (Å²) in [5.41, 5.74) is 2.01. The monoisotopic (exact) mass is 240 g/mol. The van der Waals surface area contributed by atoms with Crippen molar-refractivity contribution in [2.75, 3.05) is 0 Å². The largest absolute Gasteiger partial charge is 0.478 e. The summed E-state index contributed by atoms with van der Waals surface area (Å²) in [5.74, 6) is -0.938. The van der Waals surface area contributed by atoms with Crippen molar-refractivity contribution in [2.24, 2.45) is 0 Å². The molecule has 0 aliphatic heterocycles. The normalized spacial score (nSPS) is 10.6. The average molecular weight is 241 g/mol. The third-order valence-corrected chi connectivity index (χ3v) is 2.25. The van der Waals surface area contributed by atoms with Gasteiger partial charge in [0.05, 0.1) is 0 Å². The zero-order chi connectivity index (χ0) is 9.84. The van der Waals surface area contributed by atoms with Crippen LogP contribution in [0.25, 0.3) is 6.08 Å². The summed E-state index contributed by atoms with van der Waals surface area (Å²) in [6.07, 6.45) is 2.68. The minimum atomic E-state index is -0.938. The topological polar surface area (TPSA) is 37.3 Å². The van der Waals surface area contributed by atoms with E-state index in [0.29, 0.717) is 0 Å². The number of hydrogen-bond acceptors (Lipinski definition) is 1. The maximum atomic E-state index is 10.2. The Bertz CT molecular complexity index is 356. The van der Waals surface area contributed by atoms with Gasteiger partial charge in [-0.3, -0.25) is 0 Å². The first-order chi connectivity index (χ1) is 6.09. The fraction of sp³-hybridized carbons (Fsp3) is 0.100. The Morgan fingerprint density at radius 2 is 2.23 bits per heavy atom. The molecular formula is C10H9BrO2. The summed E-state index contributed by atoms with van der Waals surface area (Å²) in [6.45, 7) is 1.98. The van der Waals surface area contributed by atoms with Gasteiger partial charge in [-0.1, -0.05) is 28.1 Å². The molecule has 0 aliphatic carbocycles. The molecule has 0 aromatic heterocycles. The van der Waals surface area contributed by atoms with Crippen LogP contribution in [0.3, 0.4) is 0 Å². The summed E-state index contributed by atoms with van der Waals surface area (Å²) in [5, 5.41) is 8.42. The van der Waals surface area contributed by atoms with Crippen LogP contribution in [0.1, 0.15) is 11.1 Å². The lowest BCUT2D eigenvalue weighted by atomic mass is 10.1. The molecule has 0 radical (unpaired) electrons. The number of rotatable bonds is 2. The van der Waals surface area contributed by atoms with Crippen LogP contribution in [0.2, 0.25) is 0 Å². The van der Waals surface area contributed by atoms with Crippen LogP contribution in [0, 0.1) is 6.92 Å². The van der Waals surface area contributed by atoms with Gasteiger partial charge in [-0.05, 0) is 30.2 Å². The summed E-state index contributed by atoms with van der Waals surface area (Å²) in [6, 6.07) is 5.76. The molecule has 2 nitrogen and oxygen atoms in total. The Hall–Kier alpha value is -1.09. The first kappa shape index (κ1) is 9.99. The summed E-state index contributed by atoms with van der Waals surface area (Å²) in [4.78, 5) is 10.2. The first-order valence-corrected chi connectivity index (χ1v) is 4.56. The minimum absolute atomic E-state index is 0.869. The molecule has 0 heterocycles. The highest BCUT2D eigenvalue weighted by Gasteiger charge is 1.96. The van der Waals surface area contributed by atoms with Crippen molar-refractivity contribution in [3.05, 3.63) is 39.9 Å². The summed E-state index contributed by atoms with van der Waals surface area (Å²) < 4.78 is 0.907. The number of halogens is 1. The Balaban J connectivity index is 2.96. The van der Waals surface area contributed by atoms with Crippen molar-refractivity contribution in [3.8, 4) is 0 Å². The van der Waals surface area contributed by atoms with E-state index >= 15 is 0 Å². The number of carboxylic acid groups (broad SMARTS) is 1. The van der Waals surface area contributed by atoms with Gasteiger partial charge < -0.3 is 5.11 Å². The van der Waals surface area contributed by atoms with E-state index in [-0.39, 0.29) is 0 Å². The van der Waals surface area contributed by atoms with Gasteiger partial charge in [0.25, 0.3) is 0 Å². The zero-order valence-corrected chi connectivity index (χ0v) is 8.71. The molecule has 13 heavy (non-hydrogen) atoms. The van der Waals surface area contributed by atoms with E-state index in [1.807, 2.05) is 25.1 Å². The van der Waals surface area contributed by atoms with E-state index < -0.39 is 5.97 Å². The molecule has 3 heteroatoms. The third-order valence-electron chi connectivity index (χ3n) is 1.56. The number of benzene rings is 1. The molecule has 0 unspecified atom stereocenters. The summed E-state index contributed by atoms with van der Waals surface area (Å²) in [7, 11) is 0. The maximum Gasteiger partial charge on any atom is 0.328 e. The fourth-order valence-corrected chi connectivity index (χ4v) is 1.55. The maximum absolute atomic E-state index is 10.2. The van der Waals surface area contributed by atoms with Crippen LogP contribution in [-0.4, -0.2) is 11.1 Å². The SMILES string of the molecule is Cc1ccc(C=CC(=O)O)c(Br)c1. The second-order valence-electron chi connectivity index (χ2n) is 2.70. The van der Waals surface area contributed by atoms with E-state index in [1.54, 1.807) is 6.08 Å². The van der Waals surface area contributed by atoms with Gasteiger partial charge in [0, 0.05) is 10.5 Å². The summed E-state index contributed by atoms with van der Waals surface area (Å²) >= 11 is 3.35. The van der Waals surface area contributed by atoms with Gasteiger partial charge in [-0.25, -0.2) is 4.79 Å². The zero-order valence-electron chi connectivity index (χ0n) is 7.12. The van der Waals surface area contributed by atoms with Gasteiger partial charge in [0.15, 0.2) is 0 Å². The number of carbonyl (C=O) groups is 1. The van der Waals surface area contributed by atoms with Gasteiger partial charge in [-0.2, -0.15) is 0 Å². The molecule has 68 valence electrons. The van der Waals surface area contributed by atoms with Crippen molar-refractivity contribution < 1.29 is 9.90 Å². The van der Waals surface area contributed by atoms with Crippen LogP contribution >= 0.6 is 15.9 Å². The molecule has 1 aromatic rings. The Labute approximate surface area is 85.0 Å². The smallest absolute Gasteiger partial charge is 0.328 e. The molecule has 1 aromatic carbocycles. The van der Waals surface area contributed by atoms with Gasteiger partial charge in [-0.15, -0.1) is 0 Å². The van der Waals surface area contributed by atoms with Crippen molar-refractivity contribution in [2.45, 2.75) is 6.92 Å². The van der Waals surface area contributed by atoms with E-state index in [0.717, 1.165) is 21.7 Å². The van der Waals surface area contributed by atoms with Gasteiger partial charge in [0.2, 0.25) is 0 Å². The predicted molar refractivity (Wildman–Crippen MR) is 55.5 cm³/mol. The molecule has 0 fully saturated rings. The predicted octanol–water partition coefficient (Wildman–Crippen LogP) is 2.86. The van der Waals surface area contributed by atoms with Crippen LogP contribution in [0.4, 0.5) is 0 Å². The van der Waals surface area contributed by atoms with E-state index in [4.69, 9.17) is 5.11 Å². The third kappa shape index (κ3) is 3.03. The van der Waals surface area contributed by atoms with Crippen LogP contribution in [-0.2, 0) is 4.79 Å². The second kappa shape index (κ2) is 4.23. The first-order valence-electron chi connectivity index (χ1n) is 3.77. The molecular weight excluding hydrogens is 232 g/mol. The minimum Gasteiger partial charge on any atom is -0.478 e. The molecule has 0 spiro atoms. The quantitative estimate of drug-likeness (QED) is 0.808. The lowest BCUT2D eigenvalue weighted by Gasteiger charge is -1.98. The van der Waals surface area contributed by atoms with Crippen molar-refractivity contribution >= 4 is 28.0 Å². The lowest BCUT2D eigenvalue weighted by molar-refractivity contribution is -0.131. The van der Waals surface area contributed by atoms with Gasteiger partial charge in [0.1, 0.15) is 0 Å². The molecule has 0 bridgehead atoms. The highest BCUT2D eigenvalue weighted by atomic mass is 79.9. The molecule has 0 saturated carbocycles. The second-order valence-corrected chi connectivity index (χ2v) is 3.55. The Morgan fingerprint density at radius 1 is 1.54 bits per heavy atom.